The summed E-state index contributed by atoms with van der Waals surface area (Å²) in [4.78, 5) is 0. The second kappa shape index (κ2) is 5.45. The summed E-state index contributed by atoms with van der Waals surface area (Å²) in [5, 5.41) is 0. The lowest BCUT2D eigenvalue weighted by Gasteiger charge is -2.17. The first kappa shape index (κ1) is 14.6. The van der Waals surface area contributed by atoms with Gasteiger partial charge >= 0.3 is 10.2 Å². The molecule has 0 radical (unpaired) electrons. The van der Waals surface area contributed by atoms with Crippen LogP contribution in [0.15, 0.2) is 12.1 Å². The Bertz CT molecular complexity index is 526. The molecule has 0 aliphatic carbocycles. The van der Waals surface area contributed by atoms with E-state index >= 15 is 0 Å². The summed E-state index contributed by atoms with van der Waals surface area (Å²) in [6.07, 6.45) is 0. The predicted octanol–water partition coefficient (Wildman–Crippen LogP) is 1.23. The van der Waals surface area contributed by atoms with Gasteiger partial charge in [-0.2, -0.15) is 12.7 Å². The minimum Gasteiger partial charge on any atom is -0.496 e. The summed E-state index contributed by atoms with van der Waals surface area (Å²) in [7, 11) is 2.32. The van der Waals surface area contributed by atoms with Crippen LogP contribution in [0.4, 0.5) is 5.69 Å². The second-order valence-corrected chi connectivity index (χ2v) is 5.80. The monoisotopic (exact) mass is 274 g/mol. The number of hydrogen-bond donors (Lipinski definition) is 1. The van der Waals surface area contributed by atoms with Gasteiger partial charge < -0.3 is 9.47 Å². The molecule has 0 fully saturated rings. The van der Waals surface area contributed by atoms with Crippen LogP contribution in [0.25, 0.3) is 0 Å². The zero-order chi connectivity index (χ0) is 13.9. The lowest BCUT2D eigenvalue weighted by atomic mass is 10.2. The molecule has 0 aliphatic heterocycles. The zero-order valence-corrected chi connectivity index (χ0v) is 12.0. The van der Waals surface area contributed by atoms with Crippen molar-refractivity contribution in [3.8, 4) is 11.5 Å². The number of nitrogens with one attached hydrogen (secondary N) is 1. The van der Waals surface area contributed by atoms with Crippen LogP contribution in [0.5, 0.6) is 11.5 Å². The SMILES string of the molecule is COc1cc(NS(=O)(=O)N(C)C)c(OC)cc1C. The molecule has 0 spiro atoms. The predicted molar refractivity (Wildman–Crippen MR) is 70.5 cm³/mol. The molecule has 1 N–H and O–H groups in total. The van der Waals surface area contributed by atoms with Crippen molar-refractivity contribution >= 4 is 15.9 Å². The number of anilines is 1. The molecular weight excluding hydrogens is 256 g/mol. The topological polar surface area (TPSA) is 67.9 Å². The van der Waals surface area contributed by atoms with Gasteiger partial charge in [0.25, 0.3) is 0 Å². The highest BCUT2D eigenvalue weighted by molar-refractivity contribution is 7.90. The van der Waals surface area contributed by atoms with Gasteiger partial charge in [-0.05, 0) is 18.6 Å². The molecule has 0 aliphatic rings. The summed E-state index contributed by atoms with van der Waals surface area (Å²) in [6.45, 7) is 1.85. The molecule has 0 heterocycles. The Morgan fingerprint density at radius 2 is 1.67 bits per heavy atom. The van der Waals surface area contributed by atoms with Gasteiger partial charge in [0.2, 0.25) is 0 Å². The van der Waals surface area contributed by atoms with Crippen molar-refractivity contribution in [2.45, 2.75) is 6.92 Å². The van der Waals surface area contributed by atoms with Crippen LogP contribution < -0.4 is 14.2 Å². The van der Waals surface area contributed by atoms with E-state index in [2.05, 4.69) is 4.72 Å². The normalized spacial score (nSPS) is 11.4. The first-order valence-electron chi connectivity index (χ1n) is 5.24. The van der Waals surface area contributed by atoms with E-state index < -0.39 is 10.2 Å². The third-order valence-corrected chi connectivity index (χ3v) is 3.88. The number of nitrogens with zero attached hydrogens (tertiary/aromatic N) is 1. The molecule has 18 heavy (non-hydrogen) atoms. The van der Waals surface area contributed by atoms with Crippen molar-refractivity contribution in [1.82, 2.24) is 4.31 Å². The fourth-order valence-corrected chi connectivity index (χ4v) is 1.98. The van der Waals surface area contributed by atoms with Crippen LogP contribution in [0, 0.1) is 6.92 Å². The Kier molecular flexibility index (Phi) is 4.42. The van der Waals surface area contributed by atoms with Crippen molar-refractivity contribution in [2.24, 2.45) is 0 Å². The van der Waals surface area contributed by atoms with Crippen LogP contribution in [0.1, 0.15) is 5.56 Å². The first-order valence-corrected chi connectivity index (χ1v) is 6.68. The summed E-state index contributed by atoms with van der Waals surface area (Å²) >= 11 is 0. The highest BCUT2D eigenvalue weighted by Gasteiger charge is 2.17. The molecule has 0 atom stereocenters. The number of methoxy groups -OCH3 is 2. The van der Waals surface area contributed by atoms with Crippen LogP contribution >= 0.6 is 0 Å². The van der Waals surface area contributed by atoms with Gasteiger partial charge in [0.1, 0.15) is 11.5 Å². The van der Waals surface area contributed by atoms with Crippen molar-refractivity contribution in [3.05, 3.63) is 17.7 Å². The molecule has 1 aromatic rings. The molecule has 1 rings (SSSR count). The minimum absolute atomic E-state index is 0.341. The maximum atomic E-state index is 11.8. The molecule has 102 valence electrons. The summed E-state index contributed by atoms with van der Waals surface area (Å²) in [5.74, 6) is 1.03. The highest BCUT2D eigenvalue weighted by Crippen LogP contribution is 2.33. The molecular formula is C11H18N2O4S. The number of ether oxygens (including phenoxy) is 2. The van der Waals surface area contributed by atoms with Gasteiger partial charge in [-0.15, -0.1) is 0 Å². The average Bonchev–Trinajstić information content (AvgIpc) is 2.30. The van der Waals surface area contributed by atoms with E-state index in [0.29, 0.717) is 17.2 Å². The van der Waals surface area contributed by atoms with Gasteiger partial charge in [-0.1, -0.05) is 0 Å². The van der Waals surface area contributed by atoms with Gasteiger partial charge in [0, 0.05) is 20.2 Å². The third kappa shape index (κ3) is 3.05. The Labute approximate surface area is 108 Å². The van der Waals surface area contributed by atoms with E-state index in [1.165, 1.54) is 28.3 Å². The molecule has 0 aromatic heterocycles. The fraction of sp³-hybridized carbons (Fsp3) is 0.455. The maximum Gasteiger partial charge on any atom is 0.301 e. The summed E-state index contributed by atoms with van der Waals surface area (Å²) in [5.41, 5.74) is 1.20. The molecule has 6 nitrogen and oxygen atoms in total. The lowest BCUT2D eigenvalue weighted by Crippen LogP contribution is -2.29. The van der Waals surface area contributed by atoms with E-state index in [-0.39, 0.29) is 0 Å². The molecule has 0 amide bonds. The molecule has 0 saturated carbocycles. The standard InChI is InChI=1S/C11H18N2O4S/c1-8-6-11(17-5)9(7-10(8)16-4)12-18(14,15)13(2)3/h6-7,12H,1-5H3. The van der Waals surface area contributed by atoms with Gasteiger partial charge in [-0.25, -0.2) is 0 Å². The Balaban J connectivity index is 3.23. The van der Waals surface area contributed by atoms with E-state index in [0.717, 1.165) is 9.87 Å². The van der Waals surface area contributed by atoms with Crippen LogP contribution in [-0.2, 0) is 10.2 Å². The number of aryl methyl sites for hydroxylation is 1. The van der Waals surface area contributed by atoms with E-state index in [1.54, 1.807) is 12.1 Å². The number of rotatable bonds is 5. The highest BCUT2D eigenvalue weighted by atomic mass is 32.2. The van der Waals surface area contributed by atoms with Crippen LogP contribution in [0.2, 0.25) is 0 Å². The Morgan fingerprint density at radius 3 is 2.11 bits per heavy atom. The van der Waals surface area contributed by atoms with Crippen molar-refractivity contribution in [3.63, 3.8) is 0 Å². The van der Waals surface area contributed by atoms with Crippen molar-refractivity contribution < 1.29 is 17.9 Å². The quantitative estimate of drug-likeness (QED) is 0.877. The third-order valence-electron chi connectivity index (χ3n) is 2.44. The molecule has 0 unspecified atom stereocenters. The van der Waals surface area contributed by atoms with Crippen molar-refractivity contribution in [1.29, 1.82) is 0 Å². The summed E-state index contributed by atoms with van der Waals surface area (Å²) in [6, 6.07) is 3.31. The van der Waals surface area contributed by atoms with E-state index in [1.807, 2.05) is 6.92 Å². The smallest absolute Gasteiger partial charge is 0.301 e. The van der Waals surface area contributed by atoms with Gasteiger partial charge in [0.05, 0.1) is 19.9 Å². The Morgan fingerprint density at radius 1 is 1.11 bits per heavy atom. The average molecular weight is 274 g/mol. The van der Waals surface area contributed by atoms with Crippen LogP contribution in [0.3, 0.4) is 0 Å². The van der Waals surface area contributed by atoms with E-state index in [9.17, 15) is 8.42 Å². The fourth-order valence-electron chi connectivity index (χ4n) is 1.36. The van der Waals surface area contributed by atoms with Crippen molar-refractivity contribution in [2.75, 3.05) is 33.0 Å². The molecule has 0 saturated heterocycles. The largest absolute Gasteiger partial charge is 0.496 e. The zero-order valence-electron chi connectivity index (χ0n) is 11.1. The minimum atomic E-state index is -3.57. The first-order chi connectivity index (χ1) is 8.31. The molecule has 0 bridgehead atoms. The van der Waals surface area contributed by atoms with Gasteiger partial charge in [0.15, 0.2) is 0 Å². The number of hydrogen-bond acceptors (Lipinski definition) is 4. The molecule has 7 heteroatoms. The second-order valence-electron chi connectivity index (χ2n) is 3.91. The van der Waals surface area contributed by atoms with E-state index in [4.69, 9.17) is 9.47 Å². The van der Waals surface area contributed by atoms with Gasteiger partial charge in [-0.3, -0.25) is 4.72 Å². The summed E-state index contributed by atoms with van der Waals surface area (Å²) < 4.78 is 37.4. The maximum absolute atomic E-state index is 11.8. The Hall–Kier alpha value is -1.47. The number of benzene rings is 1. The lowest BCUT2D eigenvalue weighted by molar-refractivity contribution is 0.402. The molecule has 1 aromatic carbocycles. The van der Waals surface area contributed by atoms with Crippen LogP contribution in [-0.4, -0.2) is 41.0 Å².